The molecule has 0 aliphatic carbocycles. The Labute approximate surface area is 369 Å². The van der Waals surface area contributed by atoms with Gasteiger partial charge < -0.3 is 77.0 Å². The molecular formula is O16P4Sr6. The summed E-state index contributed by atoms with van der Waals surface area (Å²) in [6.07, 6.45) is 0. The van der Waals surface area contributed by atoms with Crippen LogP contribution < -0.4 is 58.7 Å². The van der Waals surface area contributed by atoms with E-state index in [2.05, 4.69) is 0 Å². The molecule has 0 saturated heterocycles. The van der Waals surface area contributed by atoms with Crippen molar-refractivity contribution >= 4 is 304 Å². The van der Waals surface area contributed by atoms with Crippen LogP contribution in [0.2, 0.25) is 0 Å². The summed E-state index contributed by atoms with van der Waals surface area (Å²) in [6.45, 7) is 0. The van der Waals surface area contributed by atoms with E-state index in [1.54, 1.807) is 0 Å². The van der Waals surface area contributed by atoms with Crippen LogP contribution in [-0.2, 0) is 18.3 Å². The number of phosphoric acid groups is 4. The second-order valence-corrected chi connectivity index (χ2v) is 5.37. The van der Waals surface area contributed by atoms with Crippen LogP contribution in [0.5, 0.6) is 0 Å². The molecule has 128 valence electrons. The Morgan fingerprint density at radius 1 is 0.269 bits per heavy atom. The van der Waals surface area contributed by atoms with E-state index in [0.29, 0.717) is 0 Å². The standard InChI is InChI=1S/4H3O4P.6Sr/c4*1-5(2,3)4;;;;;;/h4*(H3,1,2,3,4);;;;;;/q;;;;6*+2/p-12. The van der Waals surface area contributed by atoms with Gasteiger partial charge in [-0.2, -0.15) is 31.3 Å². The monoisotopic (exact) mass is 907 g/mol. The fourth-order valence-electron chi connectivity index (χ4n) is 0. The number of hydrogen-bond donors (Lipinski definition) is 0. The van der Waals surface area contributed by atoms with E-state index in [4.69, 9.17) is 77.0 Å². The molecule has 0 bridgehead atoms. The average molecular weight is 906 g/mol. The molecule has 0 aromatic heterocycles. The molecule has 0 saturated carbocycles. The van der Waals surface area contributed by atoms with E-state index in [1.807, 2.05) is 0 Å². The van der Waals surface area contributed by atoms with E-state index in [0.717, 1.165) is 0 Å². The van der Waals surface area contributed by atoms with Gasteiger partial charge in [0.05, 0.1) is 0 Å². The van der Waals surface area contributed by atoms with Crippen LogP contribution in [0.1, 0.15) is 0 Å². The average Bonchev–Trinajstić information content (AvgIpc) is 1.62. The molecule has 0 atom stereocenters. The van der Waals surface area contributed by atoms with Crippen molar-refractivity contribution in [3.63, 3.8) is 0 Å². The third kappa shape index (κ3) is 401. The molecule has 0 spiro atoms. The molecule has 26 heavy (non-hydrogen) atoms. The summed E-state index contributed by atoms with van der Waals surface area (Å²) in [5.74, 6) is 0. The fourth-order valence-corrected chi connectivity index (χ4v) is 0. The Hall–Kier alpha value is 9.32. The molecular weight excluding hydrogens is 906 g/mol. The van der Waals surface area contributed by atoms with Crippen LogP contribution in [-0.4, -0.2) is 273 Å². The summed E-state index contributed by atoms with van der Waals surface area (Å²) in [5, 5.41) is 0. The predicted molar refractivity (Wildman–Crippen MR) is 64.9 cm³/mol. The summed E-state index contributed by atoms with van der Waals surface area (Å²) in [5.41, 5.74) is 0. The summed E-state index contributed by atoms with van der Waals surface area (Å²) in [4.78, 5) is 103. The Bertz CT molecular complexity index is 299. The third-order valence-electron chi connectivity index (χ3n) is 0. The Balaban J connectivity index is -0.0000000152. The molecule has 0 aromatic carbocycles. The number of hydrogen-bond acceptors (Lipinski definition) is 16. The van der Waals surface area contributed by atoms with Crippen LogP contribution in [0.3, 0.4) is 0 Å². The first-order valence-corrected chi connectivity index (χ1v) is 8.76. The van der Waals surface area contributed by atoms with Gasteiger partial charge >= 0.3 is 273 Å². The molecule has 0 aliphatic heterocycles. The largest absolute Gasteiger partial charge is 2.00 e. The molecule has 0 heterocycles. The molecule has 0 radical (unpaired) electrons. The molecule has 0 aromatic rings. The van der Waals surface area contributed by atoms with Crippen LogP contribution in [0.15, 0.2) is 0 Å². The van der Waals surface area contributed by atoms with Gasteiger partial charge in [0.2, 0.25) is 0 Å². The smallest absolute Gasteiger partial charge is 0.822 e. The van der Waals surface area contributed by atoms with Crippen molar-refractivity contribution in [3.05, 3.63) is 0 Å². The summed E-state index contributed by atoms with van der Waals surface area (Å²) in [6, 6.07) is 0. The Morgan fingerprint density at radius 3 is 0.269 bits per heavy atom. The second kappa shape index (κ2) is 34.3. The topological polar surface area (TPSA) is 345 Å². The van der Waals surface area contributed by atoms with Gasteiger partial charge in [-0.3, -0.25) is 0 Å². The Kier molecular flexibility index (Phi) is 85.7. The summed E-state index contributed by atoms with van der Waals surface area (Å²) in [7, 11) is -21.6. The molecule has 0 unspecified atom stereocenters. The first-order chi connectivity index (χ1) is 8.00. The maximum Gasteiger partial charge on any atom is 2.00 e. The molecule has 0 rings (SSSR count). The van der Waals surface area contributed by atoms with Gasteiger partial charge in [0.1, 0.15) is 0 Å². The van der Waals surface area contributed by atoms with Crippen molar-refractivity contribution in [3.8, 4) is 0 Å². The molecule has 0 fully saturated rings. The minimum atomic E-state index is -5.39. The molecule has 0 N–H and O–H groups in total. The van der Waals surface area contributed by atoms with Crippen LogP contribution >= 0.6 is 31.3 Å². The first-order valence-electron chi connectivity index (χ1n) is 2.92. The molecule has 26 heteroatoms. The summed E-state index contributed by atoms with van der Waals surface area (Å²) < 4.78 is 34.2. The number of rotatable bonds is 0. The van der Waals surface area contributed by atoms with Crippen molar-refractivity contribution in [2.45, 2.75) is 0 Å². The van der Waals surface area contributed by atoms with Gasteiger partial charge in [-0.05, 0) is 0 Å². The minimum absolute atomic E-state index is 0. The van der Waals surface area contributed by atoms with Crippen molar-refractivity contribution in [1.29, 1.82) is 0 Å². The van der Waals surface area contributed by atoms with Crippen LogP contribution in [0.25, 0.3) is 0 Å². The van der Waals surface area contributed by atoms with Gasteiger partial charge in [0, 0.05) is 0 Å². The van der Waals surface area contributed by atoms with Crippen LogP contribution in [0, 0.1) is 0 Å². The SMILES string of the molecule is O=P([O-])([O-])[O-].O=P([O-])([O-])[O-].O=P([O-])([O-])[O-].O=P([O-])([O-])[O-].[Sr+2].[Sr+2].[Sr+2].[Sr+2].[Sr+2].[Sr+2]. The van der Waals surface area contributed by atoms with Gasteiger partial charge in [-0.25, -0.2) is 0 Å². The predicted octanol–water partition coefficient (Wildman–Crippen LogP) is -13.6. The van der Waals surface area contributed by atoms with Crippen LogP contribution in [0.4, 0.5) is 0 Å². The van der Waals surface area contributed by atoms with E-state index >= 15 is 0 Å². The minimum Gasteiger partial charge on any atom is -0.822 e. The zero-order chi connectivity index (χ0) is 18.0. The van der Waals surface area contributed by atoms with Gasteiger partial charge in [0.15, 0.2) is 0 Å². The van der Waals surface area contributed by atoms with E-state index in [1.165, 1.54) is 0 Å². The third-order valence-corrected chi connectivity index (χ3v) is 0. The maximum atomic E-state index is 8.55. The van der Waals surface area contributed by atoms with E-state index in [9.17, 15) is 0 Å². The zero-order valence-electron chi connectivity index (χ0n) is 12.6. The molecule has 0 amide bonds. The van der Waals surface area contributed by atoms with Crippen molar-refractivity contribution < 1.29 is 77.0 Å². The first kappa shape index (κ1) is 64.9. The van der Waals surface area contributed by atoms with Crippen molar-refractivity contribution in [2.24, 2.45) is 0 Å². The van der Waals surface area contributed by atoms with E-state index < -0.39 is 31.3 Å². The molecule has 16 nitrogen and oxygen atoms in total. The van der Waals surface area contributed by atoms with Gasteiger partial charge in [-0.1, -0.05) is 0 Å². The molecule has 0 aliphatic rings. The fraction of sp³-hybridized carbons (Fsp3) is 0. The van der Waals surface area contributed by atoms with E-state index in [-0.39, 0.29) is 273 Å². The quantitative estimate of drug-likeness (QED) is 0.161. The van der Waals surface area contributed by atoms with Crippen molar-refractivity contribution in [2.75, 3.05) is 0 Å². The van der Waals surface area contributed by atoms with Gasteiger partial charge in [-0.15, -0.1) is 0 Å². The zero-order valence-corrected chi connectivity index (χ0v) is 37.0. The van der Waals surface area contributed by atoms with Gasteiger partial charge in [0.25, 0.3) is 0 Å². The second-order valence-electron chi connectivity index (χ2n) is 1.79. The van der Waals surface area contributed by atoms with Crippen molar-refractivity contribution in [1.82, 2.24) is 0 Å². The maximum absolute atomic E-state index is 8.55. The normalized spacial score (nSPS) is 9.08. The Morgan fingerprint density at radius 2 is 0.269 bits per heavy atom. The summed E-state index contributed by atoms with van der Waals surface area (Å²) >= 11 is 0.